The topological polar surface area (TPSA) is 75.9 Å². The normalized spacial score (nSPS) is 25.0. The van der Waals surface area contributed by atoms with Crippen molar-refractivity contribution in [2.75, 3.05) is 18.0 Å². The standard InChI is InChI=1S/C21H20BrFN6O2/c22-14-11-24-20(29-18(14)25-12-26-29)27-9-7-21(8-10-27)19(30)28-16(5-6-17(28)31-21)13-3-1-2-4-15(13)23/h1-4,11-12,16-17H,5-10H2/t16-,17+/m0/s1. The maximum atomic E-state index is 14.4. The van der Waals surface area contributed by atoms with E-state index in [4.69, 9.17) is 4.74 Å². The molecule has 0 radical (unpaired) electrons. The first-order valence-corrected chi connectivity index (χ1v) is 11.2. The number of hydrogen-bond acceptors (Lipinski definition) is 6. The van der Waals surface area contributed by atoms with Crippen molar-refractivity contribution >= 4 is 33.4 Å². The number of hydrogen-bond donors (Lipinski definition) is 0. The first kappa shape index (κ1) is 19.1. The number of fused-ring (bicyclic) bond motifs is 2. The van der Waals surface area contributed by atoms with Crippen molar-refractivity contribution in [3.05, 3.63) is 52.6 Å². The van der Waals surface area contributed by atoms with Gasteiger partial charge in [0.25, 0.3) is 5.91 Å². The number of amides is 1. The van der Waals surface area contributed by atoms with Crippen molar-refractivity contribution in [3.8, 4) is 0 Å². The van der Waals surface area contributed by atoms with E-state index >= 15 is 0 Å². The lowest BCUT2D eigenvalue weighted by molar-refractivity contribution is -0.140. The molecule has 0 bridgehead atoms. The van der Waals surface area contributed by atoms with Crippen LogP contribution in [0.4, 0.5) is 10.3 Å². The summed E-state index contributed by atoms with van der Waals surface area (Å²) in [6.45, 7) is 1.22. The van der Waals surface area contributed by atoms with Crippen LogP contribution in [0.15, 0.2) is 41.3 Å². The van der Waals surface area contributed by atoms with Gasteiger partial charge in [-0.3, -0.25) is 4.79 Å². The van der Waals surface area contributed by atoms with Crippen molar-refractivity contribution in [2.24, 2.45) is 0 Å². The van der Waals surface area contributed by atoms with Gasteiger partial charge in [0.15, 0.2) is 11.2 Å². The summed E-state index contributed by atoms with van der Waals surface area (Å²) in [6.07, 6.45) is 5.48. The molecule has 1 amide bonds. The lowest BCUT2D eigenvalue weighted by Gasteiger charge is -2.37. The third-order valence-corrected chi connectivity index (χ3v) is 7.24. The van der Waals surface area contributed by atoms with Gasteiger partial charge in [0, 0.05) is 37.7 Å². The molecule has 3 fully saturated rings. The number of halogens is 2. The van der Waals surface area contributed by atoms with Crippen molar-refractivity contribution < 1.29 is 13.9 Å². The Morgan fingerprint density at radius 2 is 1.97 bits per heavy atom. The van der Waals surface area contributed by atoms with Crippen molar-refractivity contribution in [1.29, 1.82) is 0 Å². The molecule has 3 aromatic rings. The molecule has 31 heavy (non-hydrogen) atoms. The van der Waals surface area contributed by atoms with Gasteiger partial charge in [0.1, 0.15) is 18.4 Å². The molecule has 3 aliphatic rings. The summed E-state index contributed by atoms with van der Waals surface area (Å²) >= 11 is 3.45. The molecule has 0 aliphatic carbocycles. The highest BCUT2D eigenvalue weighted by Crippen LogP contribution is 2.48. The summed E-state index contributed by atoms with van der Waals surface area (Å²) in [6, 6.07) is 6.45. The number of nitrogens with zero attached hydrogens (tertiary/aromatic N) is 6. The van der Waals surface area contributed by atoms with Crippen LogP contribution in [0.3, 0.4) is 0 Å². The summed E-state index contributed by atoms with van der Waals surface area (Å²) < 4.78 is 23.3. The number of ether oxygens (including phenoxy) is 1. The quantitative estimate of drug-likeness (QED) is 0.553. The van der Waals surface area contributed by atoms with Crippen LogP contribution >= 0.6 is 15.9 Å². The van der Waals surface area contributed by atoms with Gasteiger partial charge in [-0.1, -0.05) is 18.2 Å². The number of anilines is 1. The lowest BCUT2D eigenvalue weighted by atomic mass is 9.89. The number of carbonyl (C=O) groups is 1. The second-order valence-corrected chi connectivity index (χ2v) is 9.14. The van der Waals surface area contributed by atoms with Crippen molar-refractivity contribution in [1.82, 2.24) is 24.5 Å². The summed E-state index contributed by atoms with van der Waals surface area (Å²) in [5.41, 5.74) is 0.429. The number of carbonyl (C=O) groups excluding carboxylic acids is 1. The van der Waals surface area contributed by atoms with Gasteiger partial charge in [-0.15, -0.1) is 0 Å². The molecule has 160 valence electrons. The number of benzene rings is 1. The Hall–Kier alpha value is -2.59. The third-order valence-electron chi connectivity index (χ3n) is 6.68. The highest BCUT2D eigenvalue weighted by Gasteiger charge is 2.58. The van der Waals surface area contributed by atoms with E-state index in [0.29, 0.717) is 49.5 Å². The first-order chi connectivity index (χ1) is 15.1. The maximum Gasteiger partial charge on any atom is 0.257 e. The highest BCUT2D eigenvalue weighted by atomic mass is 79.9. The van der Waals surface area contributed by atoms with Crippen LogP contribution in [0, 0.1) is 5.82 Å². The Morgan fingerprint density at radius 1 is 1.16 bits per heavy atom. The van der Waals surface area contributed by atoms with E-state index < -0.39 is 5.60 Å². The van der Waals surface area contributed by atoms with Crippen LogP contribution in [0.1, 0.15) is 37.3 Å². The Bertz CT molecular complexity index is 1180. The van der Waals surface area contributed by atoms with E-state index in [1.54, 1.807) is 27.7 Å². The van der Waals surface area contributed by atoms with Crippen molar-refractivity contribution in [3.63, 3.8) is 0 Å². The maximum absolute atomic E-state index is 14.4. The molecule has 2 aromatic heterocycles. The fourth-order valence-corrected chi connectivity index (χ4v) is 5.53. The van der Waals surface area contributed by atoms with Gasteiger partial charge >= 0.3 is 0 Å². The Balaban J connectivity index is 1.24. The van der Waals surface area contributed by atoms with Crippen LogP contribution in [0.5, 0.6) is 0 Å². The molecular weight excluding hydrogens is 467 g/mol. The molecule has 3 saturated heterocycles. The largest absolute Gasteiger partial charge is 0.342 e. The summed E-state index contributed by atoms with van der Waals surface area (Å²) in [4.78, 5) is 26.2. The van der Waals surface area contributed by atoms with Gasteiger partial charge < -0.3 is 14.5 Å². The van der Waals surface area contributed by atoms with E-state index in [9.17, 15) is 9.18 Å². The lowest BCUT2D eigenvalue weighted by Crippen LogP contribution is -2.51. The molecule has 8 nitrogen and oxygen atoms in total. The van der Waals surface area contributed by atoms with Crippen LogP contribution in [-0.4, -0.2) is 55.3 Å². The van der Waals surface area contributed by atoms with E-state index in [1.807, 2.05) is 6.07 Å². The van der Waals surface area contributed by atoms with Crippen LogP contribution in [0.2, 0.25) is 0 Å². The van der Waals surface area contributed by atoms with E-state index in [1.165, 1.54) is 12.4 Å². The van der Waals surface area contributed by atoms with Crippen molar-refractivity contribution in [2.45, 2.75) is 43.6 Å². The SMILES string of the molecule is O=C1N2[C@@H](CC[C@H]2c2ccccc2F)OC12CCN(c1ncc(Br)c3ncnn13)CC2. The molecule has 5 heterocycles. The van der Waals surface area contributed by atoms with Gasteiger partial charge in [-0.05, 0) is 34.8 Å². The molecule has 2 atom stereocenters. The zero-order chi connectivity index (χ0) is 21.2. The molecule has 1 spiro atoms. The minimum atomic E-state index is -0.845. The minimum Gasteiger partial charge on any atom is -0.342 e. The predicted molar refractivity (Wildman–Crippen MR) is 113 cm³/mol. The zero-order valence-electron chi connectivity index (χ0n) is 16.6. The Kier molecular flexibility index (Phi) is 4.29. The van der Waals surface area contributed by atoms with Crippen LogP contribution < -0.4 is 4.90 Å². The molecule has 3 aliphatic heterocycles. The summed E-state index contributed by atoms with van der Waals surface area (Å²) in [5.74, 6) is 0.410. The molecule has 10 heteroatoms. The second kappa shape index (κ2) is 6.96. The van der Waals surface area contributed by atoms with Gasteiger partial charge in [0.05, 0.1) is 10.5 Å². The molecule has 0 unspecified atom stereocenters. The van der Waals surface area contributed by atoms with E-state index in [0.717, 1.165) is 10.9 Å². The van der Waals surface area contributed by atoms with Crippen LogP contribution in [-0.2, 0) is 9.53 Å². The average Bonchev–Trinajstić information content (AvgIpc) is 3.48. The predicted octanol–water partition coefficient (Wildman–Crippen LogP) is 3.08. The molecular formula is C21H20BrFN6O2. The fourth-order valence-electron chi connectivity index (χ4n) is 5.16. The molecule has 1 aromatic carbocycles. The van der Waals surface area contributed by atoms with Gasteiger partial charge in [0.2, 0.25) is 5.95 Å². The van der Waals surface area contributed by atoms with Crippen LogP contribution in [0.25, 0.3) is 5.65 Å². The second-order valence-electron chi connectivity index (χ2n) is 8.28. The van der Waals surface area contributed by atoms with E-state index in [2.05, 4.69) is 35.9 Å². The fraction of sp³-hybridized carbons (Fsp3) is 0.429. The Labute approximate surface area is 186 Å². The van der Waals surface area contributed by atoms with E-state index in [-0.39, 0.29) is 24.0 Å². The monoisotopic (exact) mass is 486 g/mol. The summed E-state index contributed by atoms with van der Waals surface area (Å²) in [7, 11) is 0. The smallest absolute Gasteiger partial charge is 0.257 e. The van der Waals surface area contributed by atoms with Gasteiger partial charge in [-0.2, -0.15) is 9.61 Å². The minimum absolute atomic E-state index is 0.0161. The number of piperidine rings is 1. The van der Waals surface area contributed by atoms with Gasteiger partial charge in [-0.25, -0.2) is 14.4 Å². The number of rotatable bonds is 2. The average molecular weight is 487 g/mol. The molecule has 0 saturated carbocycles. The number of aromatic nitrogens is 4. The zero-order valence-corrected chi connectivity index (χ0v) is 18.2. The molecule has 0 N–H and O–H groups in total. The third kappa shape index (κ3) is 2.81. The summed E-state index contributed by atoms with van der Waals surface area (Å²) in [5, 5.41) is 4.29. The molecule has 6 rings (SSSR count). The first-order valence-electron chi connectivity index (χ1n) is 10.4. The highest BCUT2D eigenvalue weighted by molar-refractivity contribution is 9.10. The Morgan fingerprint density at radius 3 is 2.77 bits per heavy atom.